The monoisotopic (exact) mass is 254 g/mol. The lowest BCUT2D eigenvalue weighted by atomic mass is 10.0. The Morgan fingerprint density at radius 1 is 1.56 bits per heavy atom. The van der Waals surface area contributed by atoms with E-state index in [1.165, 1.54) is 11.8 Å². The highest BCUT2D eigenvalue weighted by Gasteiger charge is 2.31. The number of β-amino-alcohol motifs (C(OH)–C–C–N with tert-alkyl or cyclic N) is 1. The third-order valence-corrected chi connectivity index (χ3v) is 2.87. The number of nitro benzene ring substituents is 1. The number of halogens is 1. The minimum absolute atomic E-state index is 0.0926. The summed E-state index contributed by atoms with van der Waals surface area (Å²) in [6, 6.07) is 1.92. The van der Waals surface area contributed by atoms with Crippen LogP contribution in [0, 0.1) is 22.9 Å². The van der Waals surface area contributed by atoms with Gasteiger partial charge in [-0.25, -0.2) is 0 Å². The van der Waals surface area contributed by atoms with Crippen molar-refractivity contribution in [3.05, 3.63) is 39.2 Å². The zero-order chi connectivity index (χ0) is 13.4. The van der Waals surface area contributed by atoms with Crippen LogP contribution in [0.15, 0.2) is 12.1 Å². The Hall–Kier alpha value is -2.02. The Bertz CT molecular complexity index is 526. The Morgan fingerprint density at radius 3 is 2.67 bits per heavy atom. The zero-order valence-corrected chi connectivity index (χ0v) is 9.59. The fourth-order valence-electron chi connectivity index (χ4n) is 1.82. The van der Waals surface area contributed by atoms with E-state index in [1.807, 2.05) is 0 Å². The second-order valence-corrected chi connectivity index (χ2v) is 4.24. The normalized spacial score (nSPS) is 15.4. The molecule has 0 aliphatic carbocycles. The van der Waals surface area contributed by atoms with E-state index < -0.39 is 28.4 Å². The lowest BCUT2D eigenvalue weighted by molar-refractivity contribution is -0.387. The third-order valence-electron chi connectivity index (χ3n) is 2.87. The van der Waals surface area contributed by atoms with Crippen molar-refractivity contribution in [1.82, 2.24) is 4.90 Å². The van der Waals surface area contributed by atoms with Gasteiger partial charge in [0.05, 0.1) is 11.0 Å². The number of aryl methyl sites for hydroxylation is 1. The minimum atomic E-state index is -0.960. The first kappa shape index (κ1) is 12.4. The molecule has 0 unspecified atom stereocenters. The Kier molecular flexibility index (Phi) is 3.00. The van der Waals surface area contributed by atoms with Gasteiger partial charge in [0, 0.05) is 24.7 Å². The van der Waals surface area contributed by atoms with Crippen LogP contribution in [0.1, 0.15) is 15.9 Å². The van der Waals surface area contributed by atoms with E-state index in [-0.39, 0.29) is 18.7 Å². The topological polar surface area (TPSA) is 83.7 Å². The summed E-state index contributed by atoms with van der Waals surface area (Å²) in [5.74, 6) is -1.39. The predicted molar refractivity (Wildman–Crippen MR) is 59.7 cm³/mol. The lowest BCUT2D eigenvalue weighted by Crippen LogP contribution is -2.53. The molecule has 0 aromatic heterocycles. The van der Waals surface area contributed by atoms with Gasteiger partial charge in [-0.05, 0) is 18.6 Å². The van der Waals surface area contributed by atoms with Crippen molar-refractivity contribution >= 4 is 11.6 Å². The fourth-order valence-corrected chi connectivity index (χ4v) is 1.82. The van der Waals surface area contributed by atoms with Crippen LogP contribution in [-0.2, 0) is 0 Å². The van der Waals surface area contributed by atoms with E-state index >= 15 is 0 Å². The average Bonchev–Trinajstić information content (AvgIpc) is 2.23. The van der Waals surface area contributed by atoms with Gasteiger partial charge in [0.1, 0.15) is 0 Å². The molecule has 0 spiro atoms. The molecule has 0 atom stereocenters. The molecule has 1 N–H and O–H groups in total. The molecule has 18 heavy (non-hydrogen) atoms. The summed E-state index contributed by atoms with van der Waals surface area (Å²) in [7, 11) is 0. The lowest BCUT2D eigenvalue weighted by Gasteiger charge is -2.36. The van der Waals surface area contributed by atoms with Gasteiger partial charge in [-0.15, -0.1) is 0 Å². The molecule has 1 aliphatic heterocycles. The van der Waals surface area contributed by atoms with Crippen molar-refractivity contribution < 1.29 is 19.2 Å². The van der Waals surface area contributed by atoms with Gasteiger partial charge in [0.2, 0.25) is 5.82 Å². The van der Waals surface area contributed by atoms with E-state index in [1.54, 1.807) is 0 Å². The van der Waals surface area contributed by atoms with Crippen molar-refractivity contribution in [3.63, 3.8) is 0 Å². The van der Waals surface area contributed by atoms with Crippen LogP contribution in [0.25, 0.3) is 0 Å². The molecule has 1 aromatic rings. The second kappa shape index (κ2) is 4.34. The maximum absolute atomic E-state index is 13.3. The van der Waals surface area contributed by atoms with Crippen LogP contribution in [-0.4, -0.2) is 40.0 Å². The van der Waals surface area contributed by atoms with Crippen LogP contribution in [0.5, 0.6) is 0 Å². The number of rotatable bonds is 2. The first-order valence-corrected chi connectivity index (χ1v) is 5.32. The first-order chi connectivity index (χ1) is 8.40. The number of aliphatic hydroxyl groups excluding tert-OH is 1. The summed E-state index contributed by atoms with van der Waals surface area (Å²) in [5, 5.41) is 19.7. The summed E-state index contributed by atoms with van der Waals surface area (Å²) in [6.45, 7) is 1.91. The van der Waals surface area contributed by atoms with Crippen molar-refractivity contribution in [2.75, 3.05) is 13.1 Å². The first-order valence-electron chi connectivity index (χ1n) is 5.32. The predicted octanol–water partition coefficient (Wildman–Crippen LogP) is 0.859. The summed E-state index contributed by atoms with van der Waals surface area (Å²) < 4.78 is 13.3. The van der Waals surface area contributed by atoms with Crippen molar-refractivity contribution in [2.45, 2.75) is 13.0 Å². The average molecular weight is 254 g/mol. The molecular weight excluding hydrogens is 243 g/mol. The van der Waals surface area contributed by atoms with E-state index in [4.69, 9.17) is 5.11 Å². The number of aliphatic hydroxyl groups is 1. The van der Waals surface area contributed by atoms with E-state index in [0.717, 1.165) is 12.1 Å². The van der Waals surface area contributed by atoms with Gasteiger partial charge in [-0.2, -0.15) is 4.39 Å². The molecular formula is C11H11FN2O4. The van der Waals surface area contributed by atoms with Crippen LogP contribution >= 0.6 is 0 Å². The van der Waals surface area contributed by atoms with Crippen molar-refractivity contribution in [2.24, 2.45) is 0 Å². The highest BCUT2D eigenvalue weighted by molar-refractivity contribution is 5.96. The van der Waals surface area contributed by atoms with Gasteiger partial charge in [-0.1, -0.05) is 0 Å². The summed E-state index contributed by atoms with van der Waals surface area (Å²) in [6.07, 6.45) is -0.551. The summed E-state index contributed by atoms with van der Waals surface area (Å²) in [4.78, 5) is 23.1. The second-order valence-electron chi connectivity index (χ2n) is 4.24. The highest BCUT2D eigenvalue weighted by atomic mass is 19.1. The number of benzene rings is 1. The molecule has 1 aromatic carbocycles. The quantitative estimate of drug-likeness (QED) is 0.626. The number of amides is 1. The number of hydrogen-bond acceptors (Lipinski definition) is 4. The van der Waals surface area contributed by atoms with Crippen LogP contribution in [0.2, 0.25) is 0 Å². The van der Waals surface area contributed by atoms with Crippen molar-refractivity contribution in [3.8, 4) is 0 Å². The molecule has 1 amide bonds. The molecule has 0 saturated carbocycles. The third kappa shape index (κ3) is 2.04. The largest absolute Gasteiger partial charge is 0.389 e. The Morgan fingerprint density at radius 2 is 2.17 bits per heavy atom. The molecule has 96 valence electrons. The minimum Gasteiger partial charge on any atom is -0.389 e. The molecule has 6 nitrogen and oxygen atoms in total. The van der Waals surface area contributed by atoms with Gasteiger partial charge in [0.15, 0.2) is 0 Å². The van der Waals surface area contributed by atoms with Crippen LogP contribution in [0.3, 0.4) is 0 Å². The number of nitrogens with zero attached hydrogens (tertiary/aromatic N) is 2. The smallest absolute Gasteiger partial charge is 0.305 e. The molecule has 1 aliphatic rings. The number of hydrogen-bond donors (Lipinski definition) is 1. The standard InChI is InChI=1S/C11H11FN2O4/c1-6-2-9(12)10(14(17)18)3-8(6)11(16)13-4-7(15)5-13/h2-3,7,15H,4-5H2,1H3. The molecule has 1 fully saturated rings. The Labute approximate surface area is 102 Å². The molecule has 0 radical (unpaired) electrons. The summed E-state index contributed by atoms with van der Waals surface area (Å²) in [5.41, 5.74) is -0.287. The van der Waals surface area contributed by atoms with Gasteiger partial charge >= 0.3 is 5.69 Å². The maximum atomic E-state index is 13.3. The molecule has 1 saturated heterocycles. The van der Waals surface area contributed by atoms with Gasteiger partial charge in [0.25, 0.3) is 5.91 Å². The molecule has 1 heterocycles. The van der Waals surface area contributed by atoms with Crippen LogP contribution in [0.4, 0.5) is 10.1 Å². The molecule has 0 bridgehead atoms. The summed E-state index contributed by atoms with van der Waals surface area (Å²) >= 11 is 0. The fraction of sp³-hybridized carbons (Fsp3) is 0.364. The van der Waals surface area contributed by atoms with Crippen molar-refractivity contribution in [1.29, 1.82) is 0 Å². The zero-order valence-electron chi connectivity index (χ0n) is 9.59. The van der Waals surface area contributed by atoms with Crippen LogP contribution < -0.4 is 0 Å². The Balaban J connectivity index is 2.35. The molecule has 2 rings (SSSR count). The van der Waals surface area contributed by atoms with E-state index in [9.17, 15) is 19.3 Å². The number of carbonyl (C=O) groups is 1. The van der Waals surface area contributed by atoms with E-state index in [2.05, 4.69) is 0 Å². The molecule has 7 heteroatoms. The number of carbonyl (C=O) groups excluding carboxylic acids is 1. The van der Waals surface area contributed by atoms with Gasteiger partial charge in [-0.3, -0.25) is 14.9 Å². The number of nitro groups is 1. The van der Waals surface area contributed by atoms with E-state index in [0.29, 0.717) is 5.56 Å². The number of likely N-dealkylation sites (tertiary alicyclic amines) is 1. The SMILES string of the molecule is Cc1cc(F)c([N+](=O)[O-])cc1C(=O)N1CC(O)C1. The highest BCUT2D eigenvalue weighted by Crippen LogP contribution is 2.24. The van der Waals surface area contributed by atoms with Gasteiger partial charge < -0.3 is 10.0 Å². The maximum Gasteiger partial charge on any atom is 0.305 e.